The van der Waals surface area contributed by atoms with E-state index in [-0.39, 0.29) is 22.7 Å². The van der Waals surface area contributed by atoms with Gasteiger partial charge in [-0.2, -0.15) is 0 Å². The molecule has 0 radical (unpaired) electrons. The van der Waals surface area contributed by atoms with Gasteiger partial charge in [0.25, 0.3) is 5.91 Å². The van der Waals surface area contributed by atoms with Crippen molar-refractivity contribution in [2.24, 2.45) is 0 Å². The maximum atomic E-state index is 13.6. The van der Waals surface area contributed by atoms with Crippen LogP contribution >= 0.6 is 11.3 Å². The van der Waals surface area contributed by atoms with Gasteiger partial charge in [0.15, 0.2) is 10.9 Å². The van der Waals surface area contributed by atoms with E-state index < -0.39 is 11.6 Å². The van der Waals surface area contributed by atoms with Gasteiger partial charge in [0, 0.05) is 11.6 Å². The molecule has 124 valence electrons. The van der Waals surface area contributed by atoms with Gasteiger partial charge in [-0.1, -0.05) is 11.3 Å². The van der Waals surface area contributed by atoms with Crippen LogP contribution in [0.2, 0.25) is 0 Å². The number of hydrogen-bond donors (Lipinski definition) is 1. The first kappa shape index (κ1) is 16.3. The lowest BCUT2D eigenvalue weighted by Gasteiger charge is -2.09. The van der Waals surface area contributed by atoms with Crippen molar-refractivity contribution in [3.8, 4) is 5.75 Å². The first-order valence-electron chi connectivity index (χ1n) is 7.26. The number of nitrogens with one attached hydrogen (secondary N) is 1. The first-order chi connectivity index (χ1) is 11.4. The molecular formula is C17H14F2N2O2S. The largest absolute Gasteiger partial charge is 0.491 e. The Morgan fingerprint density at radius 3 is 2.58 bits per heavy atom. The molecule has 2 aromatic carbocycles. The second-order valence-corrected chi connectivity index (χ2v) is 6.43. The highest BCUT2D eigenvalue weighted by molar-refractivity contribution is 7.22. The number of thiazole rings is 1. The van der Waals surface area contributed by atoms with E-state index in [1.54, 1.807) is 24.3 Å². The molecular weight excluding hydrogens is 334 g/mol. The number of ether oxygens (including phenoxy) is 1. The molecule has 0 aliphatic heterocycles. The molecule has 24 heavy (non-hydrogen) atoms. The van der Waals surface area contributed by atoms with Crippen molar-refractivity contribution >= 4 is 32.6 Å². The van der Waals surface area contributed by atoms with E-state index in [1.807, 2.05) is 13.8 Å². The maximum Gasteiger partial charge on any atom is 0.257 e. The molecule has 4 nitrogen and oxygen atoms in total. The van der Waals surface area contributed by atoms with Crippen molar-refractivity contribution in [2.75, 3.05) is 5.32 Å². The van der Waals surface area contributed by atoms with Crippen LogP contribution in [0.15, 0.2) is 36.4 Å². The van der Waals surface area contributed by atoms with Gasteiger partial charge in [-0.3, -0.25) is 10.1 Å². The van der Waals surface area contributed by atoms with Gasteiger partial charge in [-0.05, 0) is 44.2 Å². The van der Waals surface area contributed by atoms with Gasteiger partial charge >= 0.3 is 0 Å². The van der Waals surface area contributed by atoms with Gasteiger partial charge in [0.2, 0.25) is 0 Å². The lowest BCUT2D eigenvalue weighted by molar-refractivity contribution is 0.102. The highest BCUT2D eigenvalue weighted by atomic mass is 32.1. The summed E-state index contributed by atoms with van der Waals surface area (Å²) in [6.07, 6.45) is 0.0442. The Morgan fingerprint density at radius 1 is 1.21 bits per heavy atom. The Hall–Kier alpha value is -2.54. The van der Waals surface area contributed by atoms with E-state index in [2.05, 4.69) is 10.3 Å². The Labute approximate surface area is 141 Å². The van der Waals surface area contributed by atoms with Crippen molar-refractivity contribution in [2.45, 2.75) is 20.0 Å². The van der Waals surface area contributed by atoms with Crippen molar-refractivity contribution in [1.82, 2.24) is 4.98 Å². The lowest BCUT2D eigenvalue weighted by Crippen LogP contribution is -2.12. The number of halogens is 2. The molecule has 0 aliphatic rings. The van der Waals surface area contributed by atoms with Crippen LogP contribution in [-0.4, -0.2) is 17.0 Å². The predicted molar refractivity (Wildman–Crippen MR) is 89.7 cm³/mol. The topological polar surface area (TPSA) is 51.2 Å². The van der Waals surface area contributed by atoms with Crippen LogP contribution in [-0.2, 0) is 0 Å². The quantitative estimate of drug-likeness (QED) is 0.749. The molecule has 0 spiro atoms. The molecule has 3 aromatic rings. The minimum Gasteiger partial charge on any atom is -0.491 e. The number of carbonyl (C=O) groups excluding carboxylic acids is 1. The summed E-state index contributed by atoms with van der Waals surface area (Å²) >= 11 is 1.01. The van der Waals surface area contributed by atoms with Gasteiger partial charge in [-0.15, -0.1) is 0 Å². The third kappa shape index (κ3) is 3.51. The van der Waals surface area contributed by atoms with E-state index in [1.165, 1.54) is 6.07 Å². The predicted octanol–water partition coefficient (Wildman–Crippen LogP) is 4.61. The first-order valence-corrected chi connectivity index (χ1v) is 8.07. The normalized spacial score (nSPS) is 11.0. The molecule has 3 rings (SSSR count). The van der Waals surface area contributed by atoms with Crippen LogP contribution in [0, 0.1) is 11.6 Å². The molecule has 1 aromatic heterocycles. The zero-order valence-corrected chi connectivity index (χ0v) is 13.8. The third-order valence-corrected chi connectivity index (χ3v) is 4.04. The summed E-state index contributed by atoms with van der Waals surface area (Å²) < 4.78 is 32.7. The van der Waals surface area contributed by atoms with Crippen molar-refractivity contribution in [3.63, 3.8) is 0 Å². The summed E-state index contributed by atoms with van der Waals surface area (Å²) in [5.41, 5.74) is 0.453. The molecule has 1 amide bonds. The fourth-order valence-electron chi connectivity index (χ4n) is 2.14. The molecule has 0 bridgehead atoms. The van der Waals surface area contributed by atoms with Gasteiger partial charge in [0.05, 0.1) is 10.8 Å². The zero-order chi connectivity index (χ0) is 17.3. The van der Waals surface area contributed by atoms with Crippen LogP contribution in [0.5, 0.6) is 5.75 Å². The molecule has 0 fully saturated rings. The monoisotopic (exact) mass is 348 g/mol. The molecule has 0 saturated carbocycles. The molecule has 1 N–H and O–H groups in total. The number of carbonyl (C=O) groups is 1. The number of hydrogen-bond acceptors (Lipinski definition) is 4. The van der Waals surface area contributed by atoms with Crippen LogP contribution in [0.1, 0.15) is 24.2 Å². The van der Waals surface area contributed by atoms with Crippen LogP contribution in [0.25, 0.3) is 10.2 Å². The Bertz CT molecular complexity index is 891. The van der Waals surface area contributed by atoms with Crippen molar-refractivity contribution in [3.05, 3.63) is 53.6 Å². The SMILES string of the molecule is CC(C)Oc1ccc(C(=O)Nc2nc3c(F)cc(F)cc3s2)cc1. The number of aromatic nitrogens is 1. The van der Waals surface area contributed by atoms with Crippen LogP contribution in [0.3, 0.4) is 0 Å². The second kappa shape index (κ2) is 6.52. The number of nitrogens with zero attached hydrogens (tertiary/aromatic N) is 1. The Kier molecular flexibility index (Phi) is 4.44. The van der Waals surface area contributed by atoms with E-state index in [4.69, 9.17) is 4.74 Å². The van der Waals surface area contributed by atoms with Crippen molar-refractivity contribution < 1.29 is 18.3 Å². The summed E-state index contributed by atoms with van der Waals surface area (Å²) in [6, 6.07) is 8.59. The Balaban J connectivity index is 1.78. The van der Waals surface area contributed by atoms with Crippen molar-refractivity contribution in [1.29, 1.82) is 0 Å². The molecule has 0 saturated heterocycles. The smallest absolute Gasteiger partial charge is 0.257 e. The van der Waals surface area contributed by atoms with Crippen LogP contribution < -0.4 is 10.1 Å². The molecule has 7 heteroatoms. The summed E-state index contributed by atoms with van der Waals surface area (Å²) in [6.45, 7) is 3.82. The lowest BCUT2D eigenvalue weighted by atomic mass is 10.2. The van der Waals surface area contributed by atoms with E-state index in [0.717, 1.165) is 17.4 Å². The number of fused-ring (bicyclic) bond motifs is 1. The minimum absolute atomic E-state index is 0.0392. The maximum absolute atomic E-state index is 13.6. The highest BCUT2D eigenvalue weighted by Gasteiger charge is 2.13. The van der Waals surface area contributed by atoms with Crippen LogP contribution in [0.4, 0.5) is 13.9 Å². The fraction of sp³-hybridized carbons (Fsp3) is 0.176. The Morgan fingerprint density at radius 2 is 1.92 bits per heavy atom. The molecule has 0 atom stereocenters. The second-order valence-electron chi connectivity index (χ2n) is 5.40. The third-order valence-electron chi connectivity index (χ3n) is 3.12. The van der Waals surface area contributed by atoms with E-state index >= 15 is 0 Å². The number of benzene rings is 2. The minimum atomic E-state index is -0.753. The van der Waals surface area contributed by atoms with Gasteiger partial charge in [-0.25, -0.2) is 13.8 Å². The number of rotatable bonds is 4. The standard InChI is InChI=1S/C17H14F2N2O2S/c1-9(2)23-12-5-3-10(4-6-12)16(22)21-17-20-15-13(19)7-11(18)8-14(15)24-17/h3-9H,1-2H3,(H,20,21,22). The summed E-state index contributed by atoms with van der Waals surface area (Å²) in [5, 5.41) is 2.80. The average molecular weight is 348 g/mol. The average Bonchev–Trinajstić information content (AvgIpc) is 2.90. The number of anilines is 1. The van der Waals surface area contributed by atoms with Gasteiger partial charge < -0.3 is 4.74 Å². The van der Waals surface area contributed by atoms with Gasteiger partial charge in [0.1, 0.15) is 17.1 Å². The fourth-order valence-corrected chi connectivity index (χ4v) is 3.04. The molecule has 0 aliphatic carbocycles. The summed E-state index contributed by atoms with van der Waals surface area (Å²) in [4.78, 5) is 16.2. The van der Waals surface area contributed by atoms with E-state index in [0.29, 0.717) is 16.0 Å². The molecule has 1 heterocycles. The number of amides is 1. The highest BCUT2D eigenvalue weighted by Crippen LogP contribution is 2.29. The van der Waals surface area contributed by atoms with E-state index in [9.17, 15) is 13.6 Å². The molecule has 0 unspecified atom stereocenters. The summed E-state index contributed by atoms with van der Waals surface area (Å²) in [7, 11) is 0. The zero-order valence-electron chi connectivity index (χ0n) is 13.0. The summed E-state index contributed by atoms with van der Waals surface area (Å²) in [5.74, 6) is -1.15.